The molecule has 6 aromatic rings. The molecule has 0 atom stereocenters. The van der Waals surface area contributed by atoms with Crippen molar-refractivity contribution in [2.75, 3.05) is 0 Å². The fourth-order valence-corrected chi connectivity index (χ4v) is 5.29. The number of benzene rings is 6. The molecule has 0 radical (unpaired) electrons. The molecule has 0 spiro atoms. The maximum atomic E-state index is 11.1. The zero-order valence-electron chi connectivity index (χ0n) is 23.0. The molecule has 0 saturated heterocycles. The zero-order chi connectivity index (χ0) is 28.7. The summed E-state index contributed by atoms with van der Waals surface area (Å²) in [6.45, 7) is 0. The monoisotopic (exact) mass is 540 g/mol. The van der Waals surface area contributed by atoms with Crippen LogP contribution in [0.3, 0.4) is 0 Å². The van der Waals surface area contributed by atoms with Gasteiger partial charge in [-0.1, -0.05) is 158 Å². The fraction of sp³-hybridized carbons (Fsp3) is 0. The predicted molar refractivity (Wildman–Crippen MR) is 172 cm³/mol. The van der Waals surface area contributed by atoms with Crippen LogP contribution in [0.2, 0.25) is 0 Å². The molecule has 6 aromatic carbocycles. The lowest BCUT2D eigenvalue weighted by Crippen LogP contribution is -1.98. The van der Waals surface area contributed by atoms with E-state index in [9.17, 15) is 9.59 Å². The lowest BCUT2D eigenvalue weighted by molar-refractivity contribution is 0.111. The van der Waals surface area contributed by atoms with Gasteiger partial charge in [0.25, 0.3) is 0 Å². The fourth-order valence-electron chi connectivity index (χ4n) is 5.29. The van der Waals surface area contributed by atoms with Crippen LogP contribution in [0, 0.1) is 0 Å². The first-order valence-corrected chi connectivity index (χ1v) is 13.9. The molecule has 0 bridgehead atoms. The highest BCUT2D eigenvalue weighted by Gasteiger charge is 2.16. The minimum atomic E-state index is 0.668. The molecule has 0 aliphatic carbocycles. The van der Waals surface area contributed by atoms with Gasteiger partial charge in [0.15, 0.2) is 0 Å². The number of carbonyl (C=O) groups excluding carboxylic acids is 2. The third-order valence-corrected chi connectivity index (χ3v) is 7.48. The average Bonchev–Trinajstić information content (AvgIpc) is 3.08. The molecule has 0 fully saturated rings. The van der Waals surface area contributed by atoms with E-state index >= 15 is 0 Å². The number of aldehydes is 2. The number of rotatable bonds is 8. The molecule has 0 aliphatic rings. The second-order valence-corrected chi connectivity index (χ2v) is 10.1. The van der Waals surface area contributed by atoms with E-state index in [1.807, 2.05) is 60.7 Å². The van der Waals surface area contributed by atoms with Crippen LogP contribution in [0.5, 0.6) is 0 Å². The number of hydrogen-bond donors (Lipinski definition) is 0. The van der Waals surface area contributed by atoms with Crippen molar-refractivity contribution < 1.29 is 9.59 Å². The Hall–Kier alpha value is -5.60. The van der Waals surface area contributed by atoms with Gasteiger partial charge in [-0.15, -0.1) is 0 Å². The third-order valence-electron chi connectivity index (χ3n) is 7.48. The van der Waals surface area contributed by atoms with E-state index in [-0.39, 0.29) is 0 Å². The normalized spacial score (nSPS) is 11.4. The Balaban J connectivity index is 1.50. The van der Waals surface area contributed by atoms with E-state index in [4.69, 9.17) is 0 Å². The van der Waals surface area contributed by atoms with Crippen molar-refractivity contribution in [3.63, 3.8) is 0 Å². The summed E-state index contributed by atoms with van der Waals surface area (Å²) in [5.74, 6) is 0. The number of hydrogen-bond acceptors (Lipinski definition) is 2. The highest BCUT2D eigenvalue weighted by atomic mass is 16.1. The molecule has 2 nitrogen and oxygen atoms in total. The predicted octanol–water partition coefficient (Wildman–Crippen LogP) is 9.65. The Morgan fingerprint density at radius 3 is 0.857 bits per heavy atom. The zero-order valence-corrected chi connectivity index (χ0v) is 23.0. The van der Waals surface area contributed by atoms with Gasteiger partial charge in [0, 0.05) is 11.1 Å². The number of carbonyl (C=O) groups is 2. The van der Waals surface area contributed by atoms with Gasteiger partial charge in [0.1, 0.15) is 12.6 Å². The van der Waals surface area contributed by atoms with Crippen LogP contribution in [-0.2, 0) is 0 Å². The maximum Gasteiger partial charge on any atom is 0.150 e. The SMILES string of the molecule is O=Cc1ccc(-c2ccc(C(=C(c3ccccc3)c3ccc(-c4ccc(C=O)cc4)cc3)c3ccccc3)cc2)cc1. The van der Waals surface area contributed by atoms with Crippen molar-refractivity contribution in [2.24, 2.45) is 0 Å². The second-order valence-electron chi connectivity index (χ2n) is 10.1. The van der Waals surface area contributed by atoms with Crippen molar-refractivity contribution >= 4 is 23.7 Å². The van der Waals surface area contributed by atoms with Crippen LogP contribution in [0.25, 0.3) is 33.4 Å². The molecule has 6 rings (SSSR count). The smallest absolute Gasteiger partial charge is 0.150 e. The van der Waals surface area contributed by atoms with Crippen LogP contribution in [0.4, 0.5) is 0 Å². The van der Waals surface area contributed by atoms with Crippen LogP contribution in [-0.4, -0.2) is 12.6 Å². The largest absolute Gasteiger partial charge is 0.298 e. The van der Waals surface area contributed by atoms with Crippen LogP contribution >= 0.6 is 0 Å². The summed E-state index contributed by atoms with van der Waals surface area (Å²) in [4.78, 5) is 22.2. The summed E-state index contributed by atoms with van der Waals surface area (Å²) in [7, 11) is 0. The molecule has 0 unspecified atom stereocenters. The summed E-state index contributed by atoms with van der Waals surface area (Å²) in [5, 5.41) is 0. The van der Waals surface area contributed by atoms with Crippen molar-refractivity contribution in [2.45, 2.75) is 0 Å². The Labute approximate surface area is 246 Å². The quantitative estimate of drug-likeness (QED) is 0.142. The summed E-state index contributed by atoms with van der Waals surface area (Å²) in [6.07, 6.45) is 1.73. The molecule has 0 aromatic heterocycles. The molecular formula is C40H28O2. The summed E-state index contributed by atoms with van der Waals surface area (Å²) >= 11 is 0. The molecule has 200 valence electrons. The topological polar surface area (TPSA) is 34.1 Å². The van der Waals surface area contributed by atoms with Gasteiger partial charge in [-0.25, -0.2) is 0 Å². The Morgan fingerprint density at radius 1 is 0.310 bits per heavy atom. The lowest BCUT2D eigenvalue weighted by Gasteiger charge is -2.19. The van der Waals surface area contributed by atoms with Gasteiger partial charge in [-0.05, 0) is 55.7 Å². The molecular weight excluding hydrogens is 512 g/mol. The Kier molecular flexibility index (Phi) is 7.78. The van der Waals surface area contributed by atoms with Crippen molar-refractivity contribution in [3.05, 3.63) is 191 Å². The van der Waals surface area contributed by atoms with Crippen molar-refractivity contribution in [1.29, 1.82) is 0 Å². The van der Waals surface area contributed by atoms with Gasteiger partial charge in [-0.2, -0.15) is 0 Å². The Morgan fingerprint density at radius 2 is 0.571 bits per heavy atom. The Bertz CT molecular complexity index is 1690. The first-order valence-electron chi connectivity index (χ1n) is 13.9. The third kappa shape index (κ3) is 5.65. The van der Waals surface area contributed by atoms with Gasteiger partial charge in [0.05, 0.1) is 0 Å². The van der Waals surface area contributed by atoms with E-state index in [0.717, 1.165) is 68.2 Å². The molecule has 0 heterocycles. The summed E-state index contributed by atoms with van der Waals surface area (Å²) in [5.41, 5.74) is 12.4. The van der Waals surface area contributed by atoms with Gasteiger partial charge >= 0.3 is 0 Å². The standard InChI is InChI=1S/C40H28O2/c41-27-29-11-15-31(16-12-29)33-19-23-37(24-20-33)39(35-7-3-1-4-8-35)40(36-9-5-2-6-10-36)38-25-21-34(22-26-38)32-17-13-30(28-42)14-18-32/h1-28H. The maximum absolute atomic E-state index is 11.1. The molecule has 0 saturated carbocycles. The van der Waals surface area contributed by atoms with Gasteiger partial charge in [-0.3, -0.25) is 9.59 Å². The van der Waals surface area contributed by atoms with Crippen molar-refractivity contribution in [3.8, 4) is 22.3 Å². The second kappa shape index (κ2) is 12.3. The van der Waals surface area contributed by atoms with E-state index in [2.05, 4.69) is 97.1 Å². The van der Waals surface area contributed by atoms with E-state index in [1.54, 1.807) is 0 Å². The van der Waals surface area contributed by atoms with E-state index < -0.39 is 0 Å². The van der Waals surface area contributed by atoms with Crippen molar-refractivity contribution in [1.82, 2.24) is 0 Å². The molecule has 0 N–H and O–H groups in total. The highest BCUT2D eigenvalue weighted by Crippen LogP contribution is 2.38. The molecule has 0 amide bonds. The molecule has 42 heavy (non-hydrogen) atoms. The van der Waals surface area contributed by atoms with Gasteiger partial charge < -0.3 is 0 Å². The first kappa shape index (κ1) is 26.6. The minimum Gasteiger partial charge on any atom is -0.298 e. The van der Waals surface area contributed by atoms with E-state index in [1.165, 1.54) is 0 Å². The van der Waals surface area contributed by atoms with Crippen LogP contribution in [0.15, 0.2) is 158 Å². The highest BCUT2D eigenvalue weighted by molar-refractivity contribution is 6.04. The van der Waals surface area contributed by atoms with Crippen LogP contribution in [0.1, 0.15) is 43.0 Å². The average molecular weight is 541 g/mol. The molecule has 0 aliphatic heterocycles. The summed E-state index contributed by atoms with van der Waals surface area (Å²) < 4.78 is 0. The first-order chi connectivity index (χ1) is 20.7. The minimum absolute atomic E-state index is 0.668. The van der Waals surface area contributed by atoms with Crippen LogP contribution < -0.4 is 0 Å². The lowest BCUT2D eigenvalue weighted by atomic mass is 9.85. The summed E-state index contributed by atoms with van der Waals surface area (Å²) in [6, 6.07) is 53.6. The van der Waals surface area contributed by atoms with Gasteiger partial charge in [0.2, 0.25) is 0 Å². The van der Waals surface area contributed by atoms with E-state index in [0.29, 0.717) is 11.1 Å². The molecule has 2 heteroatoms.